The van der Waals surface area contributed by atoms with Crippen LogP contribution in [0.3, 0.4) is 0 Å². The lowest BCUT2D eigenvalue weighted by molar-refractivity contribution is 0.553. The van der Waals surface area contributed by atoms with E-state index in [2.05, 4.69) is 23.4 Å². The molecule has 0 N–H and O–H groups in total. The van der Waals surface area contributed by atoms with Crippen LogP contribution in [0.1, 0.15) is 44.5 Å². The topological polar surface area (TPSA) is 44.8 Å². The van der Waals surface area contributed by atoms with E-state index in [0.717, 1.165) is 18.5 Å². The maximum Gasteiger partial charge on any atom is 0.328 e. The zero-order valence-electron chi connectivity index (χ0n) is 10.8. The summed E-state index contributed by atoms with van der Waals surface area (Å²) < 4.78 is 5.70. The minimum absolute atomic E-state index is 0.0917. The molecule has 0 bridgehead atoms. The molecule has 1 aliphatic rings. The van der Waals surface area contributed by atoms with Gasteiger partial charge in [-0.15, -0.1) is 0 Å². The summed E-state index contributed by atoms with van der Waals surface area (Å²) >= 11 is 0. The first-order chi connectivity index (χ1) is 8.66. The Morgan fingerprint density at radius 2 is 2.17 bits per heavy atom. The lowest BCUT2D eigenvalue weighted by atomic mass is 10.3. The van der Waals surface area contributed by atoms with Gasteiger partial charge < -0.3 is 4.57 Å². The van der Waals surface area contributed by atoms with Crippen LogP contribution in [0.4, 0.5) is 0 Å². The minimum Gasteiger partial charge on any atom is -0.330 e. The fourth-order valence-corrected chi connectivity index (χ4v) is 2.27. The van der Waals surface area contributed by atoms with Gasteiger partial charge in [0.2, 0.25) is 0 Å². The van der Waals surface area contributed by atoms with Crippen molar-refractivity contribution in [2.75, 3.05) is 0 Å². The molecule has 0 saturated heterocycles. The molecule has 1 aliphatic carbocycles. The van der Waals surface area contributed by atoms with Gasteiger partial charge in [0, 0.05) is 30.7 Å². The van der Waals surface area contributed by atoms with E-state index in [0.29, 0.717) is 18.6 Å². The Morgan fingerprint density at radius 1 is 1.39 bits per heavy atom. The van der Waals surface area contributed by atoms with Gasteiger partial charge in [-0.05, 0) is 26.7 Å². The molecule has 0 aliphatic heterocycles. The van der Waals surface area contributed by atoms with E-state index in [1.807, 2.05) is 29.5 Å². The summed E-state index contributed by atoms with van der Waals surface area (Å²) in [5.74, 6) is 0. The Balaban J connectivity index is 1.88. The molecule has 5 heteroatoms. The largest absolute Gasteiger partial charge is 0.330 e. The summed E-state index contributed by atoms with van der Waals surface area (Å²) in [4.78, 5) is 16.3. The fraction of sp³-hybridized carbons (Fsp3) is 0.538. The van der Waals surface area contributed by atoms with Crippen LogP contribution >= 0.6 is 0 Å². The number of imidazole rings is 2. The lowest BCUT2D eigenvalue weighted by Crippen LogP contribution is -2.24. The number of aromatic nitrogens is 4. The third kappa shape index (κ3) is 1.89. The van der Waals surface area contributed by atoms with E-state index in [1.165, 1.54) is 0 Å². The van der Waals surface area contributed by atoms with Crippen LogP contribution in [0.15, 0.2) is 29.7 Å². The molecule has 0 spiro atoms. The fourth-order valence-electron chi connectivity index (χ4n) is 2.27. The molecule has 2 heterocycles. The third-order valence-electron chi connectivity index (χ3n) is 3.45. The van der Waals surface area contributed by atoms with E-state index < -0.39 is 0 Å². The summed E-state index contributed by atoms with van der Waals surface area (Å²) in [7, 11) is 0. The molecule has 18 heavy (non-hydrogen) atoms. The zero-order chi connectivity index (χ0) is 12.7. The van der Waals surface area contributed by atoms with E-state index >= 15 is 0 Å². The molecule has 2 aromatic rings. The molecular formula is C13H18N4O. The molecule has 1 saturated carbocycles. The quantitative estimate of drug-likeness (QED) is 0.826. The molecule has 3 rings (SSSR count). The van der Waals surface area contributed by atoms with Crippen molar-refractivity contribution in [3.63, 3.8) is 0 Å². The van der Waals surface area contributed by atoms with Crippen LogP contribution in [0.25, 0.3) is 0 Å². The van der Waals surface area contributed by atoms with Crippen LogP contribution in [-0.2, 0) is 6.54 Å². The highest BCUT2D eigenvalue weighted by Crippen LogP contribution is 2.33. The van der Waals surface area contributed by atoms with Crippen LogP contribution in [0, 0.1) is 0 Å². The first-order valence-electron chi connectivity index (χ1n) is 6.45. The highest BCUT2D eigenvalue weighted by Gasteiger charge is 2.25. The highest BCUT2D eigenvalue weighted by molar-refractivity contribution is 5.02. The maximum absolute atomic E-state index is 12.2. The average molecular weight is 246 g/mol. The molecule has 0 aromatic carbocycles. The Kier molecular flexibility index (Phi) is 2.61. The first-order valence-corrected chi connectivity index (χ1v) is 6.45. The predicted octanol–water partition coefficient (Wildman–Crippen LogP) is 1.81. The van der Waals surface area contributed by atoms with Gasteiger partial charge in [0.25, 0.3) is 0 Å². The van der Waals surface area contributed by atoms with Crippen molar-refractivity contribution >= 4 is 0 Å². The monoisotopic (exact) mass is 246 g/mol. The average Bonchev–Trinajstić information content (AvgIpc) is 2.95. The SMILES string of the molecule is CC(C)n1cncc1Cn1ccn(C2CC2)c1=O. The Morgan fingerprint density at radius 3 is 2.83 bits per heavy atom. The molecule has 96 valence electrons. The molecule has 0 unspecified atom stereocenters. The van der Waals surface area contributed by atoms with Crippen LogP contribution in [0.5, 0.6) is 0 Å². The van der Waals surface area contributed by atoms with Crippen molar-refractivity contribution in [2.24, 2.45) is 0 Å². The second-order valence-electron chi connectivity index (χ2n) is 5.23. The van der Waals surface area contributed by atoms with Crippen molar-refractivity contribution in [3.8, 4) is 0 Å². The molecule has 0 atom stereocenters. The Hall–Kier alpha value is -1.78. The van der Waals surface area contributed by atoms with Gasteiger partial charge in [0.05, 0.1) is 18.6 Å². The number of rotatable bonds is 4. The second kappa shape index (κ2) is 4.15. The molecular weight excluding hydrogens is 228 g/mol. The van der Waals surface area contributed by atoms with Crippen LogP contribution in [-0.4, -0.2) is 18.7 Å². The van der Waals surface area contributed by atoms with Crippen molar-refractivity contribution in [1.82, 2.24) is 18.7 Å². The number of hydrogen-bond donors (Lipinski definition) is 0. The van der Waals surface area contributed by atoms with E-state index in [4.69, 9.17) is 0 Å². The standard InChI is InChI=1S/C13H18N4O/c1-10(2)17-9-14-7-12(17)8-15-5-6-16(13(15)18)11-3-4-11/h5-7,9-11H,3-4,8H2,1-2H3. The normalized spacial score (nSPS) is 15.5. The lowest BCUT2D eigenvalue weighted by Gasteiger charge is -2.11. The Labute approximate surface area is 106 Å². The first kappa shape index (κ1) is 11.3. The minimum atomic E-state index is 0.0917. The van der Waals surface area contributed by atoms with Crippen molar-refractivity contribution < 1.29 is 0 Å². The Bertz CT molecular complexity index is 601. The molecule has 0 amide bonds. The summed E-state index contributed by atoms with van der Waals surface area (Å²) in [6.45, 7) is 4.82. The maximum atomic E-state index is 12.2. The van der Waals surface area contributed by atoms with Gasteiger partial charge >= 0.3 is 5.69 Å². The summed E-state index contributed by atoms with van der Waals surface area (Å²) in [6, 6.07) is 0.803. The molecule has 1 fully saturated rings. The zero-order valence-corrected chi connectivity index (χ0v) is 10.8. The van der Waals surface area contributed by atoms with Crippen LogP contribution in [0.2, 0.25) is 0 Å². The van der Waals surface area contributed by atoms with Crippen LogP contribution < -0.4 is 5.69 Å². The molecule has 5 nitrogen and oxygen atoms in total. The van der Waals surface area contributed by atoms with Gasteiger partial charge in [0.1, 0.15) is 0 Å². The smallest absolute Gasteiger partial charge is 0.328 e. The van der Waals surface area contributed by atoms with Gasteiger partial charge in [-0.2, -0.15) is 0 Å². The summed E-state index contributed by atoms with van der Waals surface area (Å²) in [5.41, 5.74) is 1.16. The molecule has 2 aromatic heterocycles. The molecule has 0 radical (unpaired) electrons. The number of hydrogen-bond acceptors (Lipinski definition) is 2. The predicted molar refractivity (Wildman–Crippen MR) is 68.7 cm³/mol. The number of nitrogens with zero attached hydrogens (tertiary/aromatic N) is 4. The van der Waals surface area contributed by atoms with Gasteiger partial charge in [-0.25, -0.2) is 9.78 Å². The summed E-state index contributed by atoms with van der Waals surface area (Å²) in [5, 5.41) is 0. The van der Waals surface area contributed by atoms with E-state index in [-0.39, 0.29) is 5.69 Å². The van der Waals surface area contributed by atoms with E-state index in [9.17, 15) is 4.79 Å². The van der Waals surface area contributed by atoms with Gasteiger partial charge in [-0.3, -0.25) is 9.13 Å². The van der Waals surface area contributed by atoms with Gasteiger partial charge in [-0.1, -0.05) is 0 Å². The van der Waals surface area contributed by atoms with E-state index in [1.54, 1.807) is 4.57 Å². The summed E-state index contributed by atoms with van der Waals surface area (Å²) in [6.07, 6.45) is 9.69. The third-order valence-corrected chi connectivity index (χ3v) is 3.45. The van der Waals surface area contributed by atoms with Gasteiger partial charge in [0.15, 0.2) is 0 Å². The van der Waals surface area contributed by atoms with Crippen molar-refractivity contribution in [2.45, 2.75) is 45.3 Å². The second-order valence-corrected chi connectivity index (χ2v) is 5.23. The highest BCUT2D eigenvalue weighted by atomic mass is 16.1. The van der Waals surface area contributed by atoms with Crippen molar-refractivity contribution in [1.29, 1.82) is 0 Å². The van der Waals surface area contributed by atoms with Crippen molar-refractivity contribution in [3.05, 3.63) is 41.1 Å².